The Morgan fingerprint density at radius 2 is 2.16 bits per heavy atom. The first-order valence-electron chi connectivity index (χ1n) is 6.44. The first-order chi connectivity index (χ1) is 9.04. The van der Waals surface area contributed by atoms with Crippen molar-refractivity contribution in [1.82, 2.24) is 5.32 Å². The highest BCUT2D eigenvalue weighted by Gasteiger charge is 2.15. The van der Waals surface area contributed by atoms with Gasteiger partial charge in [-0.2, -0.15) is 0 Å². The molecule has 3 nitrogen and oxygen atoms in total. The van der Waals surface area contributed by atoms with Gasteiger partial charge in [0.05, 0.1) is 0 Å². The number of hydrogen-bond donors (Lipinski definition) is 2. The highest BCUT2D eigenvalue weighted by atomic mass is 19.1. The van der Waals surface area contributed by atoms with Crippen LogP contribution in [0.25, 0.3) is 0 Å². The van der Waals surface area contributed by atoms with E-state index in [1.54, 1.807) is 0 Å². The molecule has 0 fully saturated rings. The molecule has 1 unspecified atom stereocenters. The Morgan fingerprint density at radius 1 is 1.42 bits per heavy atom. The van der Waals surface area contributed by atoms with E-state index in [0.717, 1.165) is 18.9 Å². The monoisotopic (exact) mass is 271 g/mol. The van der Waals surface area contributed by atoms with E-state index in [-0.39, 0.29) is 12.5 Å². The van der Waals surface area contributed by atoms with Crippen molar-refractivity contribution < 1.29 is 18.7 Å². The van der Waals surface area contributed by atoms with Crippen molar-refractivity contribution in [2.75, 3.05) is 6.54 Å². The maximum absolute atomic E-state index is 13.7. The number of halogens is 2. The smallest absolute Gasteiger partial charge is 0.303 e. The summed E-state index contributed by atoms with van der Waals surface area (Å²) in [6.07, 6.45) is 2.14. The molecule has 0 aliphatic carbocycles. The first-order valence-corrected chi connectivity index (χ1v) is 6.44. The lowest BCUT2D eigenvalue weighted by atomic mass is 10.0. The van der Waals surface area contributed by atoms with Gasteiger partial charge in [-0.15, -0.1) is 0 Å². The number of hydrogen-bond acceptors (Lipinski definition) is 2. The number of carbonyl (C=O) groups is 1. The lowest BCUT2D eigenvalue weighted by Gasteiger charge is -2.19. The Bertz CT molecular complexity index is 424. The van der Waals surface area contributed by atoms with Gasteiger partial charge in [0.2, 0.25) is 0 Å². The molecular formula is C14H19F2NO2. The second-order valence-electron chi connectivity index (χ2n) is 4.46. The average Bonchev–Trinajstić information content (AvgIpc) is 2.33. The second-order valence-corrected chi connectivity index (χ2v) is 4.46. The fraction of sp³-hybridized carbons (Fsp3) is 0.500. The maximum Gasteiger partial charge on any atom is 0.303 e. The molecule has 0 amide bonds. The van der Waals surface area contributed by atoms with Gasteiger partial charge in [0.15, 0.2) is 0 Å². The fourth-order valence-electron chi connectivity index (χ4n) is 1.96. The third-order valence-electron chi connectivity index (χ3n) is 2.87. The van der Waals surface area contributed by atoms with Crippen LogP contribution in [0.2, 0.25) is 0 Å². The minimum absolute atomic E-state index is 0.0811. The molecule has 106 valence electrons. The summed E-state index contributed by atoms with van der Waals surface area (Å²) in [6, 6.07) is 3.34. The zero-order chi connectivity index (χ0) is 14.3. The molecule has 0 aromatic heterocycles. The van der Waals surface area contributed by atoms with Gasteiger partial charge in [0.25, 0.3) is 0 Å². The van der Waals surface area contributed by atoms with Crippen LogP contribution in [-0.2, 0) is 4.79 Å². The third-order valence-corrected chi connectivity index (χ3v) is 2.87. The number of nitrogens with one attached hydrogen (secondary N) is 1. The molecule has 1 atom stereocenters. The van der Waals surface area contributed by atoms with E-state index in [0.29, 0.717) is 18.5 Å². The molecule has 0 spiro atoms. The first kappa shape index (κ1) is 15.6. The SMILES string of the molecule is CCCC(NCCCC(=O)O)c1ccc(F)cc1F. The second kappa shape index (κ2) is 7.84. The van der Waals surface area contributed by atoms with Gasteiger partial charge in [-0.3, -0.25) is 4.79 Å². The Morgan fingerprint density at radius 3 is 2.74 bits per heavy atom. The number of benzene rings is 1. The van der Waals surface area contributed by atoms with Crippen LogP contribution in [0, 0.1) is 11.6 Å². The van der Waals surface area contributed by atoms with Crippen molar-refractivity contribution in [3.05, 3.63) is 35.4 Å². The summed E-state index contributed by atoms with van der Waals surface area (Å²) in [5.41, 5.74) is 0.429. The molecule has 0 bridgehead atoms. The topological polar surface area (TPSA) is 49.3 Å². The molecule has 0 aliphatic heterocycles. The molecule has 1 aromatic rings. The molecule has 1 rings (SSSR count). The number of rotatable bonds is 8. The minimum Gasteiger partial charge on any atom is -0.481 e. The molecular weight excluding hydrogens is 252 g/mol. The van der Waals surface area contributed by atoms with Crippen LogP contribution >= 0.6 is 0 Å². The van der Waals surface area contributed by atoms with Gasteiger partial charge in [-0.05, 0) is 25.5 Å². The molecule has 5 heteroatoms. The van der Waals surface area contributed by atoms with E-state index in [1.165, 1.54) is 12.1 Å². The zero-order valence-electron chi connectivity index (χ0n) is 11.0. The summed E-state index contributed by atoms with van der Waals surface area (Å²) in [4.78, 5) is 10.4. The zero-order valence-corrected chi connectivity index (χ0v) is 11.0. The van der Waals surface area contributed by atoms with Crippen LogP contribution in [-0.4, -0.2) is 17.6 Å². The molecule has 19 heavy (non-hydrogen) atoms. The molecule has 2 N–H and O–H groups in total. The van der Waals surface area contributed by atoms with E-state index in [9.17, 15) is 13.6 Å². The predicted octanol–water partition coefficient (Wildman–Crippen LogP) is 3.26. The molecule has 0 radical (unpaired) electrons. The standard InChI is InChI=1S/C14H19F2NO2/c1-2-4-13(17-8-3-5-14(18)19)11-7-6-10(15)9-12(11)16/h6-7,9,13,17H,2-5,8H2,1H3,(H,18,19). The third kappa shape index (κ3) is 5.34. The molecule has 1 aromatic carbocycles. The largest absolute Gasteiger partial charge is 0.481 e. The maximum atomic E-state index is 13.7. The highest BCUT2D eigenvalue weighted by Crippen LogP contribution is 2.22. The summed E-state index contributed by atoms with van der Waals surface area (Å²) < 4.78 is 26.6. The Kier molecular flexibility index (Phi) is 6.42. The lowest BCUT2D eigenvalue weighted by molar-refractivity contribution is -0.137. The Balaban J connectivity index is 2.63. The van der Waals surface area contributed by atoms with Crippen LogP contribution in [0.4, 0.5) is 8.78 Å². The van der Waals surface area contributed by atoms with Gasteiger partial charge >= 0.3 is 5.97 Å². The van der Waals surface area contributed by atoms with Crippen molar-refractivity contribution in [2.24, 2.45) is 0 Å². The van der Waals surface area contributed by atoms with Crippen molar-refractivity contribution >= 4 is 5.97 Å². The van der Waals surface area contributed by atoms with E-state index < -0.39 is 17.6 Å². The summed E-state index contributed by atoms with van der Waals surface area (Å²) >= 11 is 0. The highest BCUT2D eigenvalue weighted by molar-refractivity contribution is 5.66. The molecule has 0 heterocycles. The van der Waals surface area contributed by atoms with Gasteiger partial charge in [-0.25, -0.2) is 8.78 Å². The number of carboxylic acids is 1. The Hall–Kier alpha value is -1.49. The van der Waals surface area contributed by atoms with E-state index >= 15 is 0 Å². The normalized spacial score (nSPS) is 12.4. The number of carboxylic acid groups (broad SMARTS) is 1. The van der Waals surface area contributed by atoms with Crippen LogP contribution in [0.5, 0.6) is 0 Å². The van der Waals surface area contributed by atoms with Gasteiger partial charge < -0.3 is 10.4 Å². The molecule has 0 saturated heterocycles. The van der Waals surface area contributed by atoms with Gasteiger partial charge in [-0.1, -0.05) is 19.4 Å². The Labute approximate surface area is 111 Å². The fourth-order valence-corrected chi connectivity index (χ4v) is 1.96. The van der Waals surface area contributed by atoms with Crippen molar-refractivity contribution in [1.29, 1.82) is 0 Å². The van der Waals surface area contributed by atoms with Crippen LogP contribution < -0.4 is 5.32 Å². The van der Waals surface area contributed by atoms with Gasteiger partial charge in [0.1, 0.15) is 11.6 Å². The van der Waals surface area contributed by atoms with Crippen LogP contribution in [0.3, 0.4) is 0 Å². The number of aliphatic carboxylic acids is 1. The predicted molar refractivity (Wildman–Crippen MR) is 68.9 cm³/mol. The lowest BCUT2D eigenvalue weighted by Crippen LogP contribution is -2.24. The van der Waals surface area contributed by atoms with E-state index in [2.05, 4.69) is 5.32 Å². The summed E-state index contributed by atoms with van der Waals surface area (Å²) in [5.74, 6) is -2.01. The summed E-state index contributed by atoms with van der Waals surface area (Å²) in [6.45, 7) is 2.47. The van der Waals surface area contributed by atoms with Crippen molar-refractivity contribution in [3.63, 3.8) is 0 Å². The van der Waals surface area contributed by atoms with E-state index in [4.69, 9.17) is 5.11 Å². The summed E-state index contributed by atoms with van der Waals surface area (Å²) in [7, 11) is 0. The van der Waals surface area contributed by atoms with Gasteiger partial charge in [0, 0.05) is 24.1 Å². The molecule has 0 aliphatic rings. The van der Waals surface area contributed by atoms with Crippen molar-refractivity contribution in [2.45, 2.75) is 38.6 Å². The van der Waals surface area contributed by atoms with Crippen LogP contribution in [0.1, 0.15) is 44.2 Å². The summed E-state index contributed by atoms with van der Waals surface area (Å²) in [5, 5.41) is 11.7. The minimum atomic E-state index is -0.846. The quantitative estimate of drug-likeness (QED) is 0.713. The average molecular weight is 271 g/mol. The van der Waals surface area contributed by atoms with E-state index in [1.807, 2.05) is 6.92 Å². The van der Waals surface area contributed by atoms with Crippen LogP contribution in [0.15, 0.2) is 18.2 Å². The molecule has 0 saturated carbocycles. The van der Waals surface area contributed by atoms with Crippen molar-refractivity contribution in [3.8, 4) is 0 Å².